The van der Waals surface area contributed by atoms with E-state index in [1.165, 1.54) is 11.1 Å². The van der Waals surface area contributed by atoms with Gasteiger partial charge in [-0.2, -0.15) is 0 Å². The van der Waals surface area contributed by atoms with E-state index in [4.69, 9.17) is 5.11 Å². The molecule has 0 heterocycles. The number of nitrogens with zero attached hydrogens (tertiary/aromatic N) is 1. The fraction of sp³-hybridized carbons (Fsp3) is 0.400. The number of anilines is 1. The van der Waals surface area contributed by atoms with E-state index in [2.05, 4.69) is 18.2 Å². The maximum Gasteiger partial charge on any atom is 0.115 e. The minimum atomic E-state index is 0.0598. The first kappa shape index (κ1) is 9.07. The van der Waals surface area contributed by atoms with E-state index in [0.717, 1.165) is 5.69 Å². The maximum absolute atomic E-state index is 8.93. The molecule has 0 saturated carbocycles. The van der Waals surface area contributed by atoms with Crippen molar-refractivity contribution in [3.63, 3.8) is 0 Å². The fourth-order valence-corrected chi connectivity index (χ4v) is 1.21. The molecule has 0 bridgehead atoms. The van der Waals surface area contributed by atoms with Crippen LogP contribution in [0.1, 0.15) is 11.1 Å². The number of aryl methyl sites for hydroxylation is 2. The summed E-state index contributed by atoms with van der Waals surface area (Å²) in [5.41, 5.74) is 3.51. The molecule has 1 aromatic rings. The summed E-state index contributed by atoms with van der Waals surface area (Å²) in [5, 5.41) is 8.93. The van der Waals surface area contributed by atoms with Crippen molar-refractivity contribution < 1.29 is 5.11 Å². The highest BCUT2D eigenvalue weighted by atomic mass is 16.3. The largest absolute Gasteiger partial charge is 0.376 e. The molecular formula is C10H15NO. The van der Waals surface area contributed by atoms with Gasteiger partial charge in [0.15, 0.2) is 0 Å². The molecule has 0 aliphatic carbocycles. The zero-order chi connectivity index (χ0) is 9.14. The summed E-state index contributed by atoms with van der Waals surface area (Å²) in [5.74, 6) is 0. The molecule has 0 aromatic heterocycles. The summed E-state index contributed by atoms with van der Waals surface area (Å²) in [4.78, 5) is 1.82. The van der Waals surface area contributed by atoms with Crippen molar-refractivity contribution in [1.82, 2.24) is 0 Å². The van der Waals surface area contributed by atoms with E-state index in [1.54, 1.807) is 0 Å². The van der Waals surface area contributed by atoms with E-state index < -0.39 is 0 Å². The van der Waals surface area contributed by atoms with Crippen LogP contribution in [0.5, 0.6) is 0 Å². The van der Waals surface area contributed by atoms with E-state index in [9.17, 15) is 0 Å². The zero-order valence-electron chi connectivity index (χ0n) is 7.83. The third-order valence-electron chi connectivity index (χ3n) is 1.99. The van der Waals surface area contributed by atoms with Gasteiger partial charge in [-0.25, -0.2) is 0 Å². The molecule has 0 atom stereocenters. The molecular weight excluding hydrogens is 150 g/mol. The Morgan fingerprint density at radius 1 is 1.33 bits per heavy atom. The lowest BCUT2D eigenvalue weighted by molar-refractivity contribution is 0.298. The Labute approximate surface area is 73.4 Å². The summed E-state index contributed by atoms with van der Waals surface area (Å²) in [7, 11) is 1.88. The third-order valence-corrected chi connectivity index (χ3v) is 1.99. The number of aliphatic hydroxyl groups excluding tert-OH is 1. The Morgan fingerprint density at radius 3 is 2.58 bits per heavy atom. The quantitative estimate of drug-likeness (QED) is 0.674. The van der Waals surface area contributed by atoms with E-state index in [-0.39, 0.29) is 6.73 Å². The van der Waals surface area contributed by atoms with Crippen LogP contribution in [-0.4, -0.2) is 18.9 Å². The molecule has 0 spiro atoms. The van der Waals surface area contributed by atoms with Gasteiger partial charge < -0.3 is 10.0 Å². The average molecular weight is 165 g/mol. The van der Waals surface area contributed by atoms with Gasteiger partial charge in [0.1, 0.15) is 6.73 Å². The van der Waals surface area contributed by atoms with Crippen LogP contribution in [0.4, 0.5) is 5.69 Å². The van der Waals surface area contributed by atoms with Crippen molar-refractivity contribution in [2.45, 2.75) is 13.8 Å². The second kappa shape index (κ2) is 3.59. The minimum absolute atomic E-state index is 0.0598. The van der Waals surface area contributed by atoms with Gasteiger partial charge in [-0.1, -0.05) is 12.1 Å². The topological polar surface area (TPSA) is 23.5 Å². The lowest BCUT2D eigenvalue weighted by atomic mass is 10.1. The molecule has 0 aliphatic heterocycles. The van der Waals surface area contributed by atoms with Crippen molar-refractivity contribution in [1.29, 1.82) is 0 Å². The predicted octanol–water partition coefficient (Wildman–Crippen LogP) is 1.69. The Balaban J connectivity index is 3.04. The second-order valence-corrected chi connectivity index (χ2v) is 3.13. The normalized spacial score (nSPS) is 10.0. The number of aliphatic hydroxyl groups is 1. The molecule has 1 aromatic carbocycles. The van der Waals surface area contributed by atoms with Gasteiger partial charge in [0.05, 0.1) is 0 Å². The van der Waals surface area contributed by atoms with Crippen LogP contribution in [-0.2, 0) is 0 Å². The molecule has 2 nitrogen and oxygen atoms in total. The molecule has 0 unspecified atom stereocenters. The molecule has 12 heavy (non-hydrogen) atoms. The Kier molecular flexibility index (Phi) is 2.71. The smallest absolute Gasteiger partial charge is 0.115 e. The standard InChI is InChI=1S/C10H15NO/c1-8-4-5-9(2)10(6-8)11(3)7-12/h4-6,12H,7H2,1-3H3. The summed E-state index contributed by atoms with van der Waals surface area (Å²) in [6.45, 7) is 4.15. The highest BCUT2D eigenvalue weighted by Gasteiger charge is 2.02. The summed E-state index contributed by atoms with van der Waals surface area (Å²) >= 11 is 0. The zero-order valence-corrected chi connectivity index (χ0v) is 7.83. The SMILES string of the molecule is Cc1ccc(C)c(N(C)CO)c1. The number of hydrogen-bond donors (Lipinski definition) is 1. The van der Waals surface area contributed by atoms with E-state index in [0.29, 0.717) is 0 Å². The molecule has 0 fully saturated rings. The highest BCUT2D eigenvalue weighted by molar-refractivity contribution is 5.53. The summed E-state index contributed by atoms with van der Waals surface area (Å²) < 4.78 is 0. The lowest BCUT2D eigenvalue weighted by Crippen LogP contribution is -2.18. The van der Waals surface area contributed by atoms with Crippen LogP contribution < -0.4 is 4.90 Å². The molecule has 0 radical (unpaired) electrons. The van der Waals surface area contributed by atoms with Crippen molar-refractivity contribution in [3.8, 4) is 0 Å². The van der Waals surface area contributed by atoms with E-state index in [1.807, 2.05) is 25.8 Å². The van der Waals surface area contributed by atoms with Gasteiger partial charge in [-0.05, 0) is 31.0 Å². The molecule has 1 N–H and O–H groups in total. The van der Waals surface area contributed by atoms with Gasteiger partial charge in [0.2, 0.25) is 0 Å². The second-order valence-electron chi connectivity index (χ2n) is 3.13. The van der Waals surface area contributed by atoms with Crippen LogP contribution in [0.25, 0.3) is 0 Å². The van der Waals surface area contributed by atoms with Gasteiger partial charge in [-0.3, -0.25) is 0 Å². The first-order chi connectivity index (χ1) is 5.65. The first-order valence-corrected chi connectivity index (χ1v) is 4.04. The number of benzene rings is 1. The van der Waals surface area contributed by atoms with Gasteiger partial charge >= 0.3 is 0 Å². The predicted molar refractivity (Wildman–Crippen MR) is 51.4 cm³/mol. The Hall–Kier alpha value is -1.02. The summed E-state index contributed by atoms with van der Waals surface area (Å²) in [6.07, 6.45) is 0. The van der Waals surface area contributed by atoms with Crippen molar-refractivity contribution in [3.05, 3.63) is 29.3 Å². The maximum atomic E-state index is 8.93. The van der Waals surface area contributed by atoms with Gasteiger partial charge in [0.25, 0.3) is 0 Å². The minimum Gasteiger partial charge on any atom is -0.376 e. The molecule has 1 rings (SSSR count). The molecule has 0 saturated heterocycles. The van der Waals surface area contributed by atoms with E-state index >= 15 is 0 Å². The van der Waals surface area contributed by atoms with Crippen molar-refractivity contribution in [2.24, 2.45) is 0 Å². The van der Waals surface area contributed by atoms with Crippen molar-refractivity contribution >= 4 is 5.69 Å². The van der Waals surface area contributed by atoms with Crippen LogP contribution >= 0.6 is 0 Å². The lowest BCUT2D eigenvalue weighted by Gasteiger charge is -2.18. The molecule has 2 heteroatoms. The monoisotopic (exact) mass is 165 g/mol. The van der Waals surface area contributed by atoms with Crippen molar-refractivity contribution in [2.75, 3.05) is 18.7 Å². The highest BCUT2D eigenvalue weighted by Crippen LogP contribution is 2.19. The Bertz CT molecular complexity index is 271. The first-order valence-electron chi connectivity index (χ1n) is 4.04. The van der Waals surface area contributed by atoms with Crippen LogP contribution in [0.2, 0.25) is 0 Å². The van der Waals surface area contributed by atoms with Crippen LogP contribution in [0, 0.1) is 13.8 Å². The summed E-state index contributed by atoms with van der Waals surface area (Å²) in [6, 6.07) is 6.21. The average Bonchev–Trinajstić information content (AvgIpc) is 2.08. The van der Waals surface area contributed by atoms with Crippen LogP contribution in [0.15, 0.2) is 18.2 Å². The van der Waals surface area contributed by atoms with Gasteiger partial charge in [0, 0.05) is 12.7 Å². The van der Waals surface area contributed by atoms with Gasteiger partial charge in [-0.15, -0.1) is 0 Å². The molecule has 0 aliphatic rings. The number of hydrogen-bond acceptors (Lipinski definition) is 2. The third kappa shape index (κ3) is 1.77. The molecule has 0 amide bonds. The Morgan fingerprint density at radius 2 is 2.00 bits per heavy atom. The van der Waals surface area contributed by atoms with Crippen LogP contribution in [0.3, 0.4) is 0 Å². The number of rotatable bonds is 2. The molecule has 66 valence electrons. The fourth-order valence-electron chi connectivity index (χ4n) is 1.21.